The number of nitriles is 1. The van der Waals surface area contributed by atoms with Crippen molar-refractivity contribution in [1.29, 1.82) is 5.26 Å². The molecule has 0 radical (unpaired) electrons. The minimum Gasteiger partial charge on any atom is -0.439 e. The van der Waals surface area contributed by atoms with Crippen LogP contribution in [0.25, 0.3) is 5.70 Å². The molecule has 6 N–H and O–H groups in total. The Balaban J connectivity index is 1.81. The van der Waals surface area contributed by atoms with E-state index in [1.54, 1.807) is 41.3 Å². The summed E-state index contributed by atoms with van der Waals surface area (Å²) in [6.45, 7) is 6.34. The van der Waals surface area contributed by atoms with E-state index in [1.807, 2.05) is 6.92 Å². The molecule has 0 aliphatic carbocycles. The zero-order chi connectivity index (χ0) is 23.3. The molecule has 1 aromatic carbocycles. The van der Waals surface area contributed by atoms with Gasteiger partial charge in [-0.2, -0.15) is 5.26 Å². The number of nitrogens with two attached hydrogens (primary N) is 3. The smallest absolute Gasteiger partial charge is 0.219 e. The number of amidine groups is 1. The van der Waals surface area contributed by atoms with Gasteiger partial charge < -0.3 is 26.8 Å². The number of piperidine rings is 1. The number of halogens is 1. The lowest BCUT2D eigenvalue weighted by Crippen LogP contribution is -2.41. The summed E-state index contributed by atoms with van der Waals surface area (Å²) in [5.41, 5.74) is 20.3. The van der Waals surface area contributed by atoms with E-state index in [0.717, 1.165) is 12.8 Å². The molecule has 1 saturated heterocycles. The molecule has 0 spiro atoms. The number of rotatable bonds is 6. The van der Waals surface area contributed by atoms with Crippen molar-refractivity contribution in [3.63, 3.8) is 0 Å². The fourth-order valence-corrected chi connectivity index (χ4v) is 3.57. The molecule has 32 heavy (non-hydrogen) atoms. The second-order valence-corrected chi connectivity index (χ2v) is 8.04. The van der Waals surface area contributed by atoms with Gasteiger partial charge in [0.05, 0.1) is 28.9 Å². The van der Waals surface area contributed by atoms with E-state index in [4.69, 9.17) is 33.5 Å². The molecule has 1 fully saturated rings. The average Bonchev–Trinajstić information content (AvgIpc) is 2.77. The maximum absolute atomic E-state index is 9.29. The van der Waals surface area contributed by atoms with Crippen LogP contribution in [0.4, 0.5) is 0 Å². The van der Waals surface area contributed by atoms with Crippen LogP contribution in [0.1, 0.15) is 25.3 Å². The van der Waals surface area contributed by atoms with Crippen molar-refractivity contribution in [2.45, 2.75) is 31.8 Å². The third-order valence-electron chi connectivity index (χ3n) is 5.24. The van der Waals surface area contributed by atoms with Gasteiger partial charge in [0.1, 0.15) is 11.6 Å². The number of benzene rings is 1. The number of nitrogens with zero attached hydrogens (tertiary/aromatic N) is 4. The summed E-state index contributed by atoms with van der Waals surface area (Å²) >= 11 is 5.84. The first kappa shape index (κ1) is 23.0. The van der Waals surface area contributed by atoms with Crippen LogP contribution in [0.15, 0.2) is 65.4 Å². The van der Waals surface area contributed by atoms with Gasteiger partial charge >= 0.3 is 0 Å². The van der Waals surface area contributed by atoms with Crippen LogP contribution >= 0.6 is 11.6 Å². The van der Waals surface area contributed by atoms with E-state index in [2.05, 4.69) is 22.7 Å². The number of aromatic nitrogens is 1. The first-order valence-corrected chi connectivity index (χ1v) is 10.5. The number of hydrogen-bond acceptors (Lipinski definition) is 7. The Labute approximate surface area is 192 Å². The monoisotopic (exact) mass is 451 g/mol. The van der Waals surface area contributed by atoms with Crippen molar-refractivity contribution in [3.05, 3.63) is 71.0 Å². The highest BCUT2D eigenvalue weighted by Crippen LogP contribution is 2.25. The molecule has 2 unspecified atom stereocenters. The van der Waals surface area contributed by atoms with Gasteiger partial charge in [-0.3, -0.25) is 4.99 Å². The molecule has 0 amide bonds. The Morgan fingerprint density at radius 3 is 2.53 bits per heavy atom. The Morgan fingerprint density at radius 1 is 1.22 bits per heavy atom. The second-order valence-electron chi connectivity index (χ2n) is 7.60. The Kier molecular flexibility index (Phi) is 7.23. The van der Waals surface area contributed by atoms with Crippen molar-refractivity contribution in [3.8, 4) is 17.8 Å². The molecular formula is C23H26ClN7O. The molecule has 2 heterocycles. The van der Waals surface area contributed by atoms with Crippen LogP contribution in [-0.4, -0.2) is 34.3 Å². The normalized spacial score (nSPS) is 19.7. The predicted octanol–water partition coefficient (Wildman–Crippen LogP) is 3.36. The van der Waals surface area contributed by atoms with Gasteiger partial charge in [-0.1, -0.05) is 18.2 Å². The van der Waals surface area contributed by atoms with Crippen LogP contribution in [0.2, 0.25) is 5.02 Å². The standard InChI is InChI=1S/C23H26ClN7O/c1-14-3-7-18(12-31(14)13-25)30-23(28)21(15(2)26)22(27)16-4-8-19(9-5-16)32-20-10-6-17(24)11-29-20/h4-6,8-11,14,18H,2-3,7,12,26-27H2,1H3,(H2,28,30). The largest absolute Gasteiger partial charge is 0.439 e. The van der Waals surface area contributed by atoms with Crippen molar-refractivity contribution in [1.82, 2.24) is 9.88 Å². The summed E-state index contributed by atoms with van der Waals surface area (Å²) < 4.78 is 5.71. The van der Waals surface area contributed by atoms with Crippen molar-refractivity contribution in [2.75, 3.05) is 6.54 Å². The van der Waals surface area contributed by atoms with E-state index < -0.39 is 0 Å². The highest BCUT2D eigenvalue weighted by molar-refractivity contribution is 6.30. The summed E-state index contributed by atoms with van der Waals surface area (Å²) in [5, 5.41) is 9.82. The van der Waals surface area contributed by atoms with E-state index in [0.29, 0.717) is 40.0 Å². The van der Waals surface area contributed by atoms with Crippen LogP contribution < -0.4 is 21.9 Å². The number of aliphatic imine (C=N–C) groups is 1. The van der Waals surface area contributed by atoms with Crippen LogP contribution in [0, 0.1) is 11.5 Å². The Bertz CT molecular complexity index is 1070. The zero-order valence-electron chi connectivity index (χ0n) is 17.8. The lowest BCUT2D eigenvalue weighted by molar-refractivity contribution is 0.219. The molecule has 8 nitrogen and oxygen atoms in total. The van der Waals surface area contributed by atoms with Crippen molar-refractivity contribution in [2.24, 2.45) is 22.2 Å². The van der Waals surface area contributed by atoms with E-state index in [9.17, 15) is 5.26 Å². The molecule has 3 rings (SSSR count). The number of likely N-dealkylation sites (tertiary alicyclic amines) is 1. The van der Waals surface area contributed by atoms with Gasteiger partial charge in [-0.05, 0) is 55.7 Å². The minimum atomic E-state index is -0.115. The lowest BCUT2D eigenvalue weighted by atomic mass is 9.99. The molecule has 1 aliphatic rings. The van der Waals surface area contributed by atoms with Gasteiger partial charge in [-0.25, -0.2) is 4.98 Å². The van der Waals surface area contributed by atoms with Gasteiger partial charge in [-0.15, -0.1) is 0 Å². The first-order chi connectivity index (χ1) is 15.3. The predicted molar refractivity (Wildman–Crippen MR) is 127 cm³/mol. The third-order valence-corrected chi connectivity index (χ3v) is 5.47. The zero-order valence-corrected chi connectivity index (χ0v) is 18.6. The molecule has 0 saturated carbocycles. The van der Waals surface area contributed by atoms with E-state index in [1.165, 1.54) is 6.20 Å². The summed E-state index contributed by atoms with van der Waals surface area (Å²) in [6.07, 6.45) is 5.40. The highest BCUT2D eigenvalue weighted by atomic mass is 35.5. The molecule has 1 aliphatic heterocycles. The fourth-order valence-electron chi connectivity index (χ4n) is 3.46. The molecule has 166 valence electrons. The number of ether oxygens (including phenoxy) is 1. The SMILES string of the molecule is C=C(N)C(C(N)=NC1CCC(C)N(C#N)C1)=C(N)c1ccc(Oc2ccc(Cl)cn2)cc1. The summed E-state index contributed by atoms with van der Waals surface area (Å²) in [4.78, 5) is 10.4. The number of pyridine rings is 1. The summed E-state index contributed by atoms with van der Waals surface area (Å²) in [7, 11) is 0. The molecular weight excluding hydrogens is 426 g/mol. The average molecular weight is 452 g/mol. The first-order valence-electron chi connectivity index (χ1n) is 10.1. The van der Waals surface area contributed by atoms with Gasteiger partial charge in [0.25, 0.3) is 0 Å². The third kappa shape index (κ3) is 5.50. The second kappa shape index (κ2) is 10.1. The van der Waals surface area contributed by atoms with E-state index in [-0.39, 0.29) is 23.6 Å². The Hall–Kier alpha value is -3.70. The van der Waals surface area contributed by atoms with Crippen molar-refractivity contribution >= 4 is 23.1 Å². The molecule has 0 bridgehead atoms. The maximum Gasteiger partial charge on any atom is 0.219 e. The van der Waals surface area contributed by atoms with Gasteiger partial charge in [0.15, 0.2) is 6.19 Å². The van der Waals surface area contributed by atoms with Crippen LogP contribution in [0.5, 0.6) is 11.6 Å². The van der Waals surface area contributed by atoms with Crippen molar-refractivity contribution < 1.29 is 4.74 Å². The maximum atomic E-state index is 9.29. The molecule has 1 aromatic heterocycles. The quantitative estimate of drug-likeness (QED) is 0.264. The summed E-state index contributed by atoms with van der Waals surface area (Å²) in [6, 6.07) is 10.6. The van der Waals surface area contributed by atoms with Crippen LogP contribution in [-0.2, 0) is 0 Å². The van der Waals surface area contributed by atoms with E-state index >= 15 is 0 Å². The number of hydrogen-bond donors (Lipinski definition) is 3. The highest BCUT2D eigenvalue weighted by Gasteiger charge is 2.25. The Morgan fingerprint density at radius 2 is 1.94 bits per heavy atom. The lowest BCUT2D eigenvalue weighted by Gasteiger charge is -2.32. The topological polar surface area (TPSA) is 140 Å². The van der Waals surface area contributed by atoms with Crippen LogP contribution in [0.3, 0.4) is 0 Å². The van der Waals surface area contributed by atoms with Gasteiger partial charge in [0, 0.05) is 24.0 Å². The molecule has 2 aromatic rings. The fraction of sp³-hybridized carbons (Fsp3) is 0.261. The molecule has 9 heteroatoms. The summed E-state index contributed by atoms with van der Waals surface area (Å²) in [5.74, 6) is 1.21. The minimum absolute atomic E-state index is 0.115. The van der Waals surface area contributed by atoms with Gasteiger partial charge in [0.2, 0.25) is 5.88 Å². The molecule has 2 atom stereocenters.